The number of nitrogens with one attached hydrogen (secondary N) is 1. The summed E-state index contributed by atoms with van der Waals surface area (Å²) in [6.45, 7) is 3.79. The van der Waals surface area contributed by atoms with Crippen LogP contribution in [-0.2, 0) is 4.79 Å². The van der Waals surface area contributed by atoms with Crippen molar-refractivity contribution >= 4 is 23.0 Å². The van der Waals surface area contributed by atoms with E-state index in [4.69, 9.17) is 10.5 Å². The third-order valence-corrected chi connectivity index (χ3v) is 4.34. The van der Waals surface area contributed by atoms with E-state index in [1.54, 1.807) is 19.2 Å². The van der Waals surface area contributed by atoms with Crippen LogP contribution in [0.25, 0.3) is 0 Å². The Labute approximate surface area is 148 Å². The Hall–Kier alpha value is -2.73. The van der Waals surface area contributed by atoms with Gasteiger partial charge in [0.15, 0.2) is 0 Å². The standard InChI is InChI=1S/C19H24N4O2/c1-25-18-8-3-2-7-17(18)23-11-9-22(10-12-23)14-19(24)21-16-6-4-5-15(20)13-16/h2-8,13H,9-12,14,20H2,1H3,(H,21,24). The van der Waals surface area contributed by atoms with E-state index in [1.807, 2.05) is 30.3 Å². The first-order chi connectivity index (χ1) is 12.2. The van der Waals surface area contributed by atoms with Crippen molar-refractivity contribution < 1.29 is 9.53 Å². The van der Waals surface area contributed by atoms with Gasteiger partial charge in [0.05, 0.1) is 19.3 Å². The molecule has 1 aliphatic rings. The zero-order valence-corrected chi connectivity index (χ0v) is 14.4. The van der Waals surface area contributed by atoms with Crippen LogP contribution < -0.4 is 20.7 Å². The van der Waals surface area contributed by atoms with Crippen molar-refractivity contribution in [2.24, 2.45) is 0 Å². The lowest BCUT2D eigenvalue weighted by atomic mass is 10.2. The number of ether oxygens (including phenoxy) is 1. The number of amides is 1. The maximum atomic E-state index is 12.2. The number of nitrogens with two attached hydrogens (primary N) is 1. The van der Waals surface area contributed by atoms with Crippen molar-refractivity contribution in [1.82, 2.24) is 4.90 Å². The first-order valence-corrected chi connectivity index (χ1v) is 8.41. The molecule has 0 saturated carbocycles. The molecular formula is C19H24N4O2. The summed E-state index contributed by atoms with van der Waals surface area (Å²) in [4.78, 5) is 16.7. The molecule has 1 amide bonds. The van der Waals surface area contributed by atoms with Gasteiger partial charge in [-0.2, -0.15) is 0 Å². The summed E-state index contributed by atoms with van der Waals surface area (Å²) in [6, 6.07) is 15.3. The van der Waals surface area contributed by atoms with Gasteiger partial charge in [0, 0.05) is 37.6 Å². The summed E-state index contributed by atoms with van der Waals surface area (Å²) < 4.78 is 5.44. The number of piperazine rings is 1. The molecule has 0 bridgehead atoms. The number of nitrogen functional groups attached to an aromatic ring is 1. The fraction of sp³-hybridized carbons (Fsp3) is 0.316. The summed E-state index contributed by atoms with van der Waals surface area (Å²) in [5, 5.41) is 2.90. The van der Waals surface area contributed by atoms with Crippen molar-refractivity contribution in [2.75, 3.05) is 55.8 Å². The van der Waals surface area contributed by atoms with Gasteiger partial charge >= 0.3 is 0 Å². The van der Waals surface area contributed by atoms with Crippen LogP contribution in [0.4, 0.5) is 17.1 Å². The molecule has 1 aliphatic heterocycles. The molecular weight excluding hydrogens is 316 g/mol. The number of hydrogen-bond acceptors (Lipinski definition) is 5. The van der Waals surface area contributed by atoms with Crippen LogP contribution in [0.1, 0.15) is 0 Å². The minimum atomic E-state index is -0.0173. The van der Waals surface area contributed by atoms with Crippen LogP contribution in [0, 0.1) is 0 Å². The van der Waals surface area contributed by atoms with E-state index in [0.29, 0.717) is 12.2 Å². The normalized spacial score (nSPS) is 15.0. The second-order valence-electron chi connectivity index (χ2n) is 6.11. The van der Waals surface area contributed by atoms with Crippen LogP contribution >= 0.6 is 0 Å². The molecule has 0 radical (unpaired) electrons. The minimum Gasteiger partial charge on any atom is -0.495 e. The van der Waals surface area contributed by atoms with Gasteiger partial charge in [-0.25, -0.2) is 0 Å². The Morgan fingerprint density at radius 3 is 2.60 bits per heavy atom. The maximum absolute atomic E-state index is 12.2. The highest BCUT2D eigenvalue weighted by Crippen LogP contribution is 2.28. The fourth-order valence-corrected chi connectivity index (χ4v) is 3.06. The molecule has 0 spiro atoms. The SMILES string of the molecule is COc1ccccc1N1CCN(CC(=O)Nc2cccc(N)c2)CC1. The Bertz CT molecular complexity index is 727. The summed E-state index contributed by atoms with van der Waals surface area (Å²) in [5.41, 5.74) is 8.22. The zero-order valence-electron chi connectivity index (χ0n) is 14.4. The number of hydrogen-bond donors (Lipinski definition) is 2. The third-order valence-electron chi connectivity index (χ3n) is 4.34. The Kier molecular flexibility index (Phi) is 5.40. The molecule has 1 saturated heterocycles. The summed E-state index contributed by atoms with van der Waals surface area (Å²) in [5.74, 6) is 0.867. The number of benzene rings is 2. The highest BCUT2D eigenvalue weighted by molar-refractivity contribution is 5.92. The maximum Gasteiger partial charge on any atom is 0.238 e. The van der Waals surface area contributed by atoms with E-state index < -0.39 is 0 Å². The first kappa shape index (κ1) is 17.1. The molecule has 0 unspecified atom stereocenters. The number of carbonyl (C=O) groups excluding carboxylic acids is 1. The average molecular weight is 340 g/mol. The van der Waals surface area contributed by atoms with E-state index >= 15 is 0 Å². The van der Waals surface area contributed by atoms with Crippen molar-refractivity contribution in [3.8, 4) is 5.75 Å². The number of methoxy groups -OCH3 is 1. The van der Waals surface area contributed by atoms with Crippen LogP contribution in [0.5, 0.6) is 5.75 Å². The molecule has 1 heterocycles. The molecule has 2 aromatic rings. The van der Waals surface area contributed by atoms with Gasteiger partial charge in [-0.05, 0) is 30.3 Å². The molecule has 6 nitrogen and oxygen atoms in total. The van der Waals surface area contributed by atoms with Crippen molar-refractivity contribution in [3.63, 3.8) is 0 Å². The van der Waals surface area contributed by atoms with Gasteiger partial charge in [-0.3, -0.25) is 9.69 Å². The Balaban J connectivity index is 1.51. The highest BCUT2D eigenvalue weighted by Gasteiger charge is 2.21. The lowest BCUT2D eigenvalue weighted by Crippen LogP contribution is -2.48. The van der Waals surface area contributed by atoms with Gasteiger partial charge in [-0.1, -0.05) is 18.2 Å². The van der Waals surface area contributed by atoms with Gasteiger partial charge < -0.3 is 20.7 Å². The summed E-state index contributed by atoms with van der Waals surface area (Å²) >= 11 is 0. The molecule has 0 atom stereocenters. The molecule has 0 aromatic heterocycles. The monoisotopic (exact) mass is 340 g/mol. The summed E-state index contributed by atoms with van der Waals surface area (Å²) in [6.07, 6.45) is 0. The number of nitrogens with zero attached hydrogens (tertiary/aromatic N) is 2. The fourth-order valence-electron chi connectivity index (χ4n) is 3.06. The summed E-state index contributed by atoms with van der Waals surface area (Å²) in [7, 11) is 1.69. The van der Waals surface area contributed by atoms with Gasteiger partial charge in [0.25, 0.3) is 0 Å². The third kappa shape index (κ3) is 4.42. The van der Waals surface area contributed by atoms with Gasteiger partial charge in [0.1, 0.15) is 5.75 Å². The molecule has 132 valence electrons. The molecule has 25 heavy (non-hydrogen) atoms. The van der Waals surface area contributed by atoms with Crippen molar-refractivity contribution in [2.45, 2.75) is 0 Å². The number of rotatable bonds is 5. The average Bonchev–Trinajstić information content (AvgIpc) is 2.62. The first-order valence-electron chi connectivity index (χ1n) is 8.41. The number of carbonyl (C=O) groups is 1. The molecule has 3 N–H and O–H groups in total. The Morgan fingerprint density at radius 2 is 1.88 bits per heavy atom. The van der Waals surface area contributed by atoms with Crippen molar-refractivity contribution in [1.29, 1.82) is 0 Å². The predicted molar refractivity (Wildman–Crippen MR) is 101 cm³/mol. The van der Waals surface area contributed by atoms with Gasteiger partial charge in [-0.15, -0.1) is 0 Å². The van der Waals surface area contributed by atoms with E-state index in [9.17, 15) is 4.79 Å². The molecule has 6 heteroatoms. The lowest BCUT2D eigenvalue weighted by molar-refractivity contribution is -0.117. The van der Waals surface area contributed by atoms with Crippen LogP contribution in [0.3, 0.4) is 0 Å². The van der Waals surface area contributed by atoms with Crippen LogP contribution in [0.2, 0.25) is 0 Å². The second-order valence-corrected chi connectivity index (χ2v) is 6.11. The quantitative estimate of drug-likeness (QED) is 0.815. The van der Waals surface area contributed by atoms with Crippen LogP contribution in [0.15, 0.2) is 48.5 Å². The Morgan fingerprint density at radius 1 is 1.12 bits per heavy atom. The van der Waals surface area contributed by atoms with E-state index in [2.05, 4.69) is 21.2 Å². The van der Waals surface area contributed by atoms with E-state index in [0.717, 1.165) is 43.3 Å². The topological polar surface area (TPSA) is 70.8 Å². The van der Waals surface area contributed by atoms with E-state index in [-0.39, 0.29) is 5.91 Å². The number of anilines is 3. The minimum absolute atomic E-state index is 0.0173. The molecule has 1 fully saturated rings. The zero-order chi connectivity index (χ0) is 17.6. The van der Waals surface area contributed by atoms with Crippen molar-refractivity contribution in [3.05, 3.63) is 48.5 Å². The highest BCUT2D eigenvalue weighted by atomic mass is 16.5. The predicted octanol–water partition coefficient (Wildman–Crippen LogP) is 2.04. The lowest BCUT2D eigenvalue weighted by Gasteiger charge is -2.36. The molecule has 0 aliphatic carbocycles. The molecule has 3 rings (SSSR count). The van der Waals surface area contributed by atoms with E-state index in [1.165, 1.54) is 0 Å². The second kappa shape index (κ2) is 7.90. The van der Waals surface area contributed by atoms with Gasteiger partial charge in [0.2, 0.25) is 5.91 Å². The largest absolute Gasteiger partial charge is 0.495 e. The van der Waals surface area contributed by atoms with Crippen LogP contribution in [-0.4, -0.2) is 50.6 Å². The smallest absolute Gasteiger partial charge is 0.238 e. The number of para-hydroxylation sites is 2. The molecule has 2 aromatic carbocycles.